The van der Waals surface area contributed by atoms with Crippen molar-refractivity contribution in [2.45, 2.75) is 13.1 Å². The molecule has 4 amide bonds. The molecule has 4 saturated heterocycles. The summed E-state index contributed by atoms with van der Waals surface area (Å²) < 4.78 is 6.89. The highest BCUT2D eigenvalue weighted by molar-refractivity contribution is 9.10. The number of nitrogens with zero attached hydrogens (tertiary/aromatic N) is 10. The maximum atomic E-state index is 12.4. The van der Waals surface area contributed by atoms with E-state index in [1.807, 2.05) is 24.1 Å². The third kappa shape index (κ3) is 11.7. The highest BCUT2D eigenvalue weighted by Crippen LogP contribution is 2.28. The standard InChI is InChI=1S/C14H16N6O2S.C13H14BrN3O2S.C12H16N4O2S/c1-18-4-6-19(7-5-18)13(21)9-20-14(22)11-3-2-10(16-17-15)8-12(11)23-20;14-9-1-2-10-11(7-9)20-17(13(10)19)8-12(18)16-5-3-15-4-6-16;1-2-3-9-11(13)19-16(12(9)18)8-10(17)15-6-4-14-5-7-15/h2-3,8H,4-7,9H2,1H3;1-2,7,15H,3-6,8H2;2-3,13-14H,1,4-8H2/b;;9-3+,13-11?. The van der Waals surface area contributed by atoms with Crippen LogP contribution in [0.15, 0.2) is 79.9 Å². The number of rotatable bonds is 8. The van der Waals surface area contributed by atoms with Crippen LogP contribution in [0.5, 0.6) is 0 Å². The van der Waals surface area contributed by atoms with Crippen molar-refractivity contribution in [1.29, 1.82) is 5.41 Å². The zero-order valence-corrected chi connectivity index (χ0v) is 38.0. The Morgan fingerprint density at radius 3 is 1.82 bits per heavy atom. The van der Waals surface area contributed by atoms with Gasteiger partial charge in [0, 0.05) is 106 Å². The minimum atomic E-state index is -0.293. The van der Waals surface area contributed by atoms with Crippen LogP contribution in [0.3, 0.4) is 0 Å². The molecule has 4 aromatic rings. The Balaban J connectivity index is 0.000000156. The maximum Gasteiger partial charge on any atom is 0.269 e. The van der Waals surface area contributed by atoms with Gasteiger partial charge in [0.1, 0.15) is 24.7 Å². The Kier molecular flexibility index (Phi) is 16.3. The Bertz CT molecular complexity index is 2540. The molecule has 2 aromatic heterocycles. The van der Waals surface area contributed by atoms with Gasteiger partial charge in [0.05, 0.1) is 25.7 Å². The molecule has 3 N–H and O–H groups in total. The van der Waals surface area contributed by atoms with Gasteiger partial charge in [-0.05, 0) is 49.0 Å². The average Bonchev–Trinajstić information content (AvgIpc) is 3.85. The van der Waals surface area contributed by atoms with Crippen molar-refractivity contribution < 1.29 is 19.2 Å². The first-order chi connectivity index (χ1) is 29.9. The van der Waals surface area contributed by atoms with Crippen molar-refractivity contribution in [2.24, 2.45) is 5.11 Å². The third-order valence-corrected chi connectivity index (χ3v) is 13.7. The van der Waals surface area contributed by atoms with Gasteiger partial charge < -0.3 is 30.2 Å². The van der Waals surface area contributed by atoms with Crippen LogP contribution in [-0.2, 0) is 32.3 Å². The summed E-state index contributed by atoms with van der Waals surface area (Å²) in [7, 11) is 2.03. The molecule has 2 aromatic carbocycles. The third-order valence-electron chi connectivity index (χ3n) is 10.2. The number of benzene rings is 2. The van der Waals surface area contributed by atoms with Crippen LogP contribution in [0, 0.1) is 5.41 Å². The SMILES string of the molecule is C=C/C=C1\C(=N)SN(CC(=O)N2CCNCC2)C1=O.CN1CCN(C(=O)Cn2sc3cc(N=[N+]=[N-])ccc3c2=O)CC1.O=C(Cn1sc2cc(Br)ccc2c1=O)N1CCNCC1. The second-order valence-electron chi connectivity index (χ2n) is 14.4. The van der Waals surface area contributed by atoms with E-state index >= 15 is 0 Å². The number of carbonyl (C=O) groups is 4. The van der Waals surface area contributed by atoms with Gasteiger partial charge in [-0.15, -0.1) is 0 Å². The molecule has 0 spiro atoms. The average molecular weight is 969 g/mol. The fraction of sp³-hybridized carbons (Fsp3) is 0.410. The Hall–Kier alpha value is -5.13. The van der Waals surface area contributed by atoms with Crippen molar-refractivity contribution >= 4 is 105 Å². The first-order valence-corrected chi connectivity index (χ1v) is 22.8. The van der Waals surface area contributed by atoms with E-state index in [4.69, 9.17) is 10.9 Å². The minimum Gasteiger partial charge on any atom is -0.339 e. The predicted molar refractivity (Wildman–Crippen MR) is 247 cm³/mol. The van der Waals surface area contributed by atoms with E-state index in [9.17, 15) is 28.8 Å². The van der Waals surface area contributed by atoms with Gasteiger partial charge in [0.15, 0.2) is 0 Å². The first-order valence-electron chi connectivity index (χ1n) is 19.7. The van der Waals surface area contributed by atoms with E-state index < -0.39 is 0 Å². The molecule has 19 nitrogen and oxygen atoms in total. The number of likely N-dealkylation sites (N-methyl/N-ethyl adjacent to an activating group) is 1. The van der Waals surface area contributed by atoms with Gasteiger partial charge in [0.25, 0.3) is 17.0 Å². The Morgan fingerprint density at radius 1 is 0.790 bits per heavy atom. The van der Waals surface area contributed by atoms with Gasteiger partial charge in [-0.3, -0.25) is 46.4 Å². The zero-order chi connectivity index (χ0) is 44.3. The lowest BCUT2D eigenvalue weighted by atomic mass is 10.2. The molecule has 0 saturated carbocycles. The Labute approximate surface area is 377 Å². The molecule has 23 heteroatoms. The summed E-state index contributed by atoms with van der Waals surface area (Å²) in [5, 5.41) is 19.0. The highest BCUT2D eigenvalue weighted by atomic mass is 79.9. The predicted octanol–water partition coefficient (Wildman–Crippen LogP) is 3.03. The molecule has 0 atom stereocenters. The second kappa shape index (κ2) is 21.8. The number of carbonyl (C=O) groups excluding carboxylic acids is 4. The number of aromatic nitrogens is 2. The molecule has 4 aliphatic rings. The molecule has 6 heterocycles. The van der Waals surface area contributed by atoms with E-state index in [1.165, 1.54) is 43.5 Å². The summed E-state index contributed by atoms with van der Waals surface area (Å²) in [5.74, 6) is -0.394. The lowest BCUT2D eigenvalue weighted by molar-refractivity contribution is -0.135. The molecule has 8 rings (SSSR count). The van der Waals surface area contributed by atoms with Crippen molar-refractivity contribution in [2.75, 3.05) is 92.1 Å². The van der Waals surface area contributed by atoms with E-state index in [-0.39, 0.29) is 59.4 Å². The second-order valence-corrected chi connectivity index (χ2v) is 18.5. The van der Waals surface area contributed by atoms with Crippen LogP contribution >= 0.6 is 50.9 Å². The number of nitrogens with one attached hydrogen (secondary N) is 3. The quantitative estimate of drug-likeness (QED) is 0.0770. The molecular formula is C39H46BrN13O6S3. The largest absolute Gasteiger partial charge is 0.339 e. The summed E-state index contributed by atoms with van der Waals surface area (Å²) in [6, 6.07) is 10.5. The number of fused-ring (bicyclic) bond motifs is 2. The maximum absolute atomic E-state index is 12.4. The van der Waals surface area contributed by atoms with Crippen molar-refractivity contribution in [3.05, 3.63) is 96.3 Å². The van der Waals surface area contributed by atoms with Crippen LogP contribution in [-0.4, -0.2) is 153 Å². The number of halogens is 1. The number of hydrogen-bond acceptors (Lipinski definition) is 14. The van der Waals surface area contributed by atoms with E-state index in [0.29, 0.717) is 66.0 Å². The normalized spacial score (nSPS) is 17.7. The van der Waals surface area contributed by atoms with Crippen LogP contribution in [0.2, 0.25) is 0 Å². The molecule has 0 radical (unpaired) electrons. The number of azide groups is 1. The number of allylic oxidation sites excluding steroid dienone is 2. The monoisotopic (exact) mass is 967 g/mol. The molecule has 328 valence electrons. The number of hydrogen-bond donors (Lipinski definition) is 3. The van der Waals surface area contributed by atoms with Crippen LogP contribution in [0.4, 0.5) is 5.69 Å². The van der Waals surface area contributed by atoms with Crippen molar-refractivity contribution in [3.8, 4) is 0 Å². The van der Waals surface area contributed by atoms with Gasteiger partial charge in [-0.25, -0.2) is 0 Å². The van der Waals surface area contributed by atoms with Gasteiger partial charge in [-0.2, -0.15) is 0 Å². The molecule has 0 aliphatic carbocycles. The van der Waals surface area contributed by atoms with Gasteiger partial charge >= 0.3 is 0 Å². The van der Waals surface area contributed by atoms with Gasteiger partial charge in [-0.1, -0.05) is 62.8 Å². The first kappa shape index (κ1) is 46.4. The molecule has 4 aliphatic heterocycles. The summed E-state index contributed by atoms with van der Waals surface area (Å²) in [6.45, 7) is 12.8. The fourth-order valence-electron chi connectivity index (χ4n) is 6.78. The highest BCUT2D eigenvalue weighted by Gasteiger charge is 2.34. The molecule has 0 unspecified atom stereocenters. The van der Waals surface area contributed by atoms with E-state index in [2.05, 4.69) is 48.1 Å². The lowest BCUT2D eigenvalue weighted by Gasteiger charge is -2.32. The van der Waals surface area contributed by atoms with E-state index in [1.54, 1.807) is 38.0 Å². The van der Waals surface area contributed by atoms with Crippen LogP contribution in [0.25, 0.3) is 30.6 Å². The smallest absolute Gasteiger partial charge is 0.269 e. The molecular weight excluding hydrogens is 923 g/mol. The topological polar surface area (TPSA) is 225 Å². The minimum absolute atomic E-state index is 0.0132. The number of amides is 4. The van der Waals surface area contributed by atoms with Crippen LogP contribution in [0.1, 0.15) is 0 Å². The zero-order valence-electron chi connectivity index (χ0n) is 34.0. The van der Waals surface area contributed by atoms with Crippen molar-refractivity contribution in [1.82, 2.24) is 42.5 Å². The molecule has 62 heavy (non-hydrogen) atoms. The molecule has 4 fully saturated rings. The summed E-state index contributed by atoms with van der Waals surface area (Å²) >= 11 is 6.96. The fourth-order valence-corrected chi connectivity index (χ4v) is 10.2. The van der Waals surface area contributed by atoms with Crippen molar-refractivity contribution in [3.63, 3.8) is 0 Å². The summed E-state index contributed by atoms with van der Waals surface area (Å²) in [4.78, 5) is 83.4. The number of piperazine rings is 3. The summed E-state index contributed by atoms with van der Waals surface area (Å²) in [5.41, 5.74) is 8.97. The van der Waals surface area contributed by atoms with E-state index in [0.717, 1.165) is 60.4 Å². The molecule has 0 bridgehead atoms. The van der Waals surface area contributed by atoms with Gasteiger partial charge in [0.2, 0.25) is 17.7 Å². The van der Waals surface area contributed by atoms with Crippen LogP contribution < -0.4 is 21.8 Å². The Morgan fingerprint density at radius 2 is 1.29 bits per heavy atom. The lowest BCUT2D eigenvalue weighted by Crippen LogP contribution is -2.49. The summed E-state index contributed by atoms with van der Waals surface area (Å²) in [6.07, 6.45) is 2.98.